The van der Waals surface area contributed by atoms with Crippen LogP contribution in [0.5, 0.6) is 0 Å². The van der Waals surface area contributed by atoms with Gasteiger partial charge in [0.25, 0.3) is 0 Å². The van der Waals surface area contributed by atoms with Crippen molar-refractivity contribution in [3.63, 3.8) is 0 Å². The SMILES string of the molecule is CC(=O)NCC(=O)NCC(=O)Nc1ccc(=N)n(C(=N)c2ccccn2)c1. The number of hydrogen-bond donors (Lipinski definition) is 5. The second-order valence-corrected chi connectivity index (χ2v) is 5.47. The molecule has 5 N–H and O–H groups in total. The number of amides is 3. The molecule has 0 fully saturated rings. The Hall–Kier alpha value is -3.82. The van der Waals surface area contributed by atoms with E-state index in [2.05, 4.69) is 20.9 Å². The number of anilines is 1. The molecular weight excluding hydrogens is 350 g/mol. The lowest BCUT2D eigenvalue weighted by Gasteiger charge is -2.11. The fraction of sp³-hybridized carbons (Fsp3) is 0.176. The maximum atomic E-state index is 12.0. The molecule has 0 radical (unpaired) electrons. The third kappa shape index (κ3) is 5.88. The molecule has 0 aromatic carbocycles. The fourth-order valence-corrected chi connectivity index (χ4v) is 2.04. The van der Waals surface area contributed by atoms with Gasteiger partial charge in [0.05, 0.1) is 18.8 Å². The first-order valence-electron chi connectivity index (χ1n) is 7.95. The van der Waals surface area contributed by atoms with Crippen LogP contribution < -0.4 is 21.4 Å². The van der Waals surface area contributed by atoms with Crippen LogP contribution in [0.1, 0.15) is 12.6 Å². The summed E-state index contributed by atoms with van der Waals surface area (Å²) in [5, 5.41) is 23.4. The van der Waals surface area contributed by atoms with Gasteiger partial charge >= 0.3 is 0 Å². The number of nitrogens with one attached hydrogen (secondary N) is 5. The van der Waals surface area contributed by atoms with E-state index in [1.54, 1.807) is 24.4 Å². The highest BCUT2D eigenvalue weighted by Gasteiger charge is 2.09. The molecule has 0 atom stereocenters. The molecule has 27 heavy (non-hydrogen) atoms. The van der Waals surface area contributed by atoms with E-state index < -0.39 is 11.8 Å². The number of hydrogen-bond acceptors (Lipinski definition) is 6. The predicted octanol–water partition coefficient (Wildman–Crippen LogP) is -0.573. The van der Waals surface area contributed by atoms with Crippen molar-refractivity contribution in [2.45, 2.75) is 6.92 Å². The minimum Gasteiger partial charge on any atom is -0.347 e. The van der Waals surface area contributed by atoms with E-state index >= 15 is 0 Å². The van der Waals surface area contributed by atoms with Crippen LogP contribution >= 0.6 is 0 Å². The molecule has 2 aromatic rings. The Kier molecular flexibility index (Phi) is 6.53. The van der Waals surface area contributed by atoms with Crippen molar-refractivity contribution in [1.82, 2.24) is 20.2 Å². The van der Waals surface area contributed by atoms with Crippen molar-refractivity contribution in [2.24, 2.45) is 0 Å². The van der Waals surface area contributed by atoms with Crippen LogP contribution in [-0.4, -0.2) is 46.2 Å². The number of carbonyl (C=O) groups excluding carboxylic acids is 3. The summed E-state index contributed by atoms with van der Waals surface area (Å²) in [6.07, 6.45) is 2.97. The lowest BCUT2D eigenvalue weighted by Crippen LogP contribution is -2.39. The second-order valence-electron chi connectivity index (χ2n) is 5.47. The zero-order chi connectivity index (χ0) is 19.8. The van der Waals surface area contributed by atoms with Crippen molar-refractivity contribution in [3.8, 4) is 0 Å². The Balaban J connectivity index is 2.00. The molecule has 2 heterocycles. The Morgan fingerprint density at radius 1 is 1.07 bits per heavy atom. The summed E-state index contributed by atoms with van der Waals surface area (Å²) in [5.74, 6) is -1.33. The Morgan fingerprint density at radius 2 is 1.81 bits per heavy atom. The van der Waals surface area contributed by atoms with Crippen molar-refractivity contribution < 1.29 is 14.4 Å². The fourth-order valence-electron chi connectivity index (χ4n) is 2.04. The minimum absolute atomic E-state index is 0.0136. The maximum absolute atomic E-state index is 12.0. The van der Waals surface area contributed by atoms with Gasteiger partial charge in [0, 0.05) is 19.3 Å². The number of aromatic nitrogens is 2. The van der Waals surface area contributed by atoms with Gasteiger partial charge in [0.2, 0.25) is 17.7 Å². The molecule has 0 spiro atoms. The molecule has 0 bridgehead atoms. The molecule has 10 heteroatoms. The van der Waals surface area contributed by atoms with E-state index in [1.807, 2.05) is 0 Å². The first-order chi connectivity index (χ1) is 12.9. The van der Waals surface area contributed by atoms with Gasteiger partial charge in [0.1, 0.15) is 11.2 Å². The summed E-state index contributed by atoms with van der Waals surface area (Å²) in [7, 11) is 0. The number of nitrogens with zero attached hydrogens (tertiary/aromatic N) is 2. The van der Waals surface area contributed by atoms with Crippen molar-refractivity contribution in [1.29, 1.82) is 10.8 Å². The first-order valence-corrected chi connectivity index (χ1v) is 7.95. The quantitative estimate of drug-likeness (QED) is 0.342. The van der Waals surface area contributed by atoms with Crippen LogP contribution in [0.15, 0.2) is 42.7 Å². The minimum atomic E-state index is -0.492. The average molecular weight is 369 g/mol. The standard InChI is InChI=1S/C17H19N7O3/c1-11(25)21-8-15(26)22-9-16(27)23-12-5-6-14(18)24(10-12)17(19)13-4-2-3-7-20-13/h2-7,10,18-19H,8-9H2,1H3,(H,21,25)(H,22,26)(H,23,27). The summed E-state index contributed by atoms with van der Waals surface area (Å²) in [4.78, 5) is 38.2. The van der Waals surface area contributed by atoms with Crippen LogP contribution in [0.3, 0.4) is 0 Å². The van der Waals surface area contributed by atoms with Crippen LogP contribution in [0.25, 0.3) is 0 Å². The van der Waals surface area contributed by atoms with E-state index in [-0.39, 0.29) is 30.3 Å². The zero-order valence-corrected chi connectivity index (χ0v) is 14.6. The first kappa shape index (κ1) is 19.5. The smallest absolute Gasteiger partial charge is 0.243 e. The maximum Gasteiger partial charge on any atom is 0.243 e. The lowest BCUT2D eigenvalue weighted by atomic mass is 10.3. The third-order valence-electron chi connectivity index (χ3n) is 3.32. The van der Waals surface area contributed by atoms with Gasteiger partial charge in [-0.05, 0) is 24.3 Å². The molecule has 0 aliphatic carbocycles. The van der Waals surface area contributed by atoms with E-state index in [1.165, 1.54) is 29.8 Å². The molecule has 3 amide bonds. The van der Waals surface area contributed by atoms with Crippen LogP contribution in [0, 0.1) is 10.8 Å². The molecular formula is C17H19N7O3. The summed E-state index contributed by atoms with van der Waals surface area (Å²) in [6, 6.07) is 8.05. The highest BCUT2D eigenvalue weighted by molar-refractivity contribution is 5.98. The van der Waals surface area contributed by atoms with Crippen molar-refractivity contribution >= 4 is 29.2 Å². The van der Waals surface area contributed by atoms with Gasteiger partial charge in [-0.1, -0.05) is 6.07 Å². The molecule has 0 saturated carbocycles. The summed E-state index contributed by atoms with van der Waals surface area (Å²) in [6.45, 7) is 0.796. The zero-order valence-electron chi connectivity index (χ0n) is 14.6. The molecule has 10 nitrogen and oxygen atoms in total. The van der Waals surface area contributed by atoms with Crippen LogP contribution in [0.4, 0.5) is 5.69 Å². The summed E-state index contributed by atoms with van der Waals surface area (Å²) < 4.78 is 1.27. The molecule has 140 valence electrons. The normalized spacial score (nSPS) is 9.96. The topological polar surface area (TPSA) is 153 Å². The number of rotatable bonds is 6. The Labute approximate surface area is 154 Å². The van der Waals surface area contributed by atoms with Crippen LogP contribution in [-0.2, 0) is 14.4 Å². The Bertz CT molecular complexity index is 922. The van der Waals surface area contributed by atoms with Gasteiger partial charge in [-0.25, -0.2) is 0 Å². The van der Waals surface area contributed by atoms with E-state index in [0.29, 0.717) is 11.4 Å². The van der Waals surface area contributed by atoms with Gasteiger partial charge in [0.15, 0.2) is 5.84 Å². The average Bonchev–Trinajstić information content (AvgIpc) is 2.66. The van der Waals surface area contributed by atoms with E-state index in [0.717, 1.165) is 0 Å². The van der Waals surface area contributed by atoms with Crippen LogP contribution in [0.2, 0.25) is 0 Å². The molecule has 0 aliphatic heterocycles. The largest absolute Gasteiger partial charge is 0.347 e. The van der Waals surface area contributed by atoms with E-state index in [9.17, 15) is 14.4 Å². The highest BCUT2D eigenvalue weighted by atomic mass is 16.2. The molecule has 0 aliphatic rings. The highest BCUT2D eigenvalue weighted by Crippen LogP contribution is 2.05. The lowest BCUT2D eigenvalue weighted by molar-refractivity contribution is -0.126. The van der Waals surface area contributed by atoms with Gasteiger partial charge in [-0.15, -0.1) is 0 Å². The van der Waals surface area contributed by atoms with Crippen molar-refractivity contribution in [2.75, 3.05) is 18.4 Å². The molecule has 0 unspecified atom stereocenters. The number of pyridine rings is 2. The molecule has 0 saturated heterocycles. The molecule has 2 rings (SSSR count). The van der Waals surface area contributed by atoms with Gasteiger partial charge < -0.3 is 16.0 Å². The van der Waals surface area contributed by atoms with Gasteiger partial charge in [-0.2, -0.15) is 0 Å². The Morgan fingerprint density at radius 3 is 2.48 bits per heavy atom. The second kappa shape index (κ2) is 9.04. The van der Waals surface area contributed by atoms with Gasteiger partial charge in [-0.3, -0.25) is 34.8 Å². The predicted molar refractivity (Wildman–Crippen MR) is 97.1 cm³/mol. The molecule has 2 aromatic heterocycles. The number of carbonyl (C=O) groups is 3. The third-order valence-corrected chi connectivity index (χ3v) is 3.32. The summed E-state index contributed by atoms with van der Waals surface area (Å²) >= 11 is 0. The van der Waals surface area contributed by atoms with Crippen molar-refractivity contribution in [3.05, 3.63) is 53.9 Å². The van der Waals surface area contributed by atoms with E-state index in [4.69, 9.17) is 10.8 Å². The monoisotopic (exact) mass is 369 g/mol. The summed E-state index contributed by atoms with van der Waals surface area (Å²) in [5.41, 5.74) is 0.782.